The second-order valence-corrected chi connectivity index (χ2v) is 10.5. The quantitative estimate of drug-likeness (QED) is 0.650. The van der Waals surface area contributed by atoms with Gasteiger partial charge in [0.2, 0.25) is 0 Å². The van der Waals surface area contributed by atoms with E-state index in [4.69, 9.17) is 14.0 Å². The number of hydrogen-bond acceptors (Lipinski definition) is 8. The molecule has 0 spiro atoms. The van der Waals surface area contributed by atoms with Gasteiger partial charge < -0.3 is 24.1 Å². The molecule has 1 aromatic carbocycles. The molecule has 1 aromatic rings. The Balaban J connectivity index is 1.33. The van der Waals surface area contributed by atoms with Crippen molar-refractivity contribution in [3.8, 4) is 0 Å². The van der Waals surface area contributed by atoms with Gasteiger partial charge in [0.15, 0.2) is 0 Å². The van der Waals surface area contributed by atoms with E-state index in [0.717, 1.165) is 42.6 Å². The second kappa shape index (κ2) is 8.91. The van der Waals surface area contributed by atoms with Gasteiger partial charge in [-0.25, -0.2) is 5.01 Å². The minimum atomic E-state index is -1.50. The van der Waals surface area contributed by atoms with Gasteiger partial charge in [0.25, 0.3) is 0 Å². The minimum Gasteiger partial charge on any atom is -0.423 e. The van der Waals surface area contributed by atoms with Gasteiger partial charge in [-0.2, -0.15) is 0 Å². The predicted molar refractivity (Wildman–Crippen MR) is 130 cm³/mol. The SMILES string of the molecule is CC1C=C(B2OC(C)(C)C(C)(Cc3cccc(B(O)O)c3)O2)C=C2N=NN(C3CCCCO3)C21. The highest BCUT2D eigenvalue weighted by Crippen LogP contribution is 2.44. The normalized spacial score (nSPS) is 32.5. The number of allylic oxidation sites excluding steroid dienone is 2. The lowest BCUT2D eigenvalue weighted by Crippen LogP contribution is -2.46. The zero-order valence-electron chi connectivity index (χ0n) is 20.3. The molecule has 34 heavy (non-hydrogen) atoms. The molecule has 0 bridgehead atoms. The first kappa shape index (κ1) is 23.8. The smallest absolute Gasteiger partial charge is 0.423 e. The Kier molecular flexibility index (Phi) is 6.23. The van der Waals surface area contributed by atoms with E-state index in [1.807, 2.05) is 37.1 Å². The third-order valence-electron chi connectivity index (χ3n) is 7.68. The van der Waals surface area contributed by atoms with E-state index in [-0.39, 0.29) is 18.2 Å². The van der Waals surface area contributed by atoms with Crippen LogP contribution < -0.4 is 5.46 Å². The van der Waals surface area contributed by atoms with Crippen molar-refractivity contribution in [2.24, 2.45) is 16.3 Å². The fourth-order valence-electron chi connectivity index (χ4n) is 5.35. The summed E-state index contributed by atoms with van der Waals surface area (Å²) in [7, 11) is -2.01. The first-order valence-electron chi connectivity index (χ1n) is 12.2. The van der Waals surface area contributed by atoms with E-state index in [0.29, 0.717) is 11.9 Å². The average molecular weight is 465 g/mol. The van der Waals surface area contributed by atoms with Gasteiger partial charge in [0.05, 0.1) is 16.9 Å². The monoisotopic (exact) mass is 465 g/mol. The summed E-state index contributed by atoms with van der Waals surface area (Å²) in [4.78, 5) is 0. The van der Waals surface area contributed by atoms with Crippen molar-refractivity contribution in [3.05, 3.63) is 53.2 Å². The molecule has 0 saturated carbocycles. The fourth-order valence-corrected chi connectivity index (χ4v) is 5.35. The summed E-state index contributed by atoms with van der Waals surface area (Å²) in [5.41, 5.74) is 2.12. The highest BCUT2D eigenvalue weighted by molar-refractivity contribution is 6.58. The number of hydrogen-bond donors (Lipinski definition) is 2. The molecule has 10 heteroatoms. The predicted octanol–water partition coefficient (Wildman–Crippen LogP) is 2.56. The lowest BCUT2D eigenvalue weighted by atomic mass is 9.72. The average Bonchev–Trinajstić information content (AvgIpc) is 3.33. The molecule has 0 amide bonds. The Hall–Kier alpha value is -1.97. The second-order valence-electron chi connectivity index (χ2n) is 10.5. The maximum absolute atomic E-state index is 9.55. The molecular weight excluding hydrogens is 432 g/mol. The van der Waals surface area contributed by atoms with E-state index < -0.39 is 25.4 Å². The van der Waals surface area contributed by atoms with Crippen molar-refractivity contribution < 1.29 is 24.1 Å². The first-order valence-corrected chi connectivity index (χ1v) is 12.2. The van der Waals surface area contributed by atoms with Crippen LogP contribution in [0, 0.1) is 5.92 Å². The highest BCUT2D eigenvalue weighted by atomic mass is 16.7. The maximum atomic E-state index is 9.55. The topological polar surface area (TPSA) is 96.1 Å². The largest absolute Gasteiger partial charge is 0.494 e. The Morgan fingerprint density at radius 2 is 2.03 bits per heavy atom. The maximum Gasteiger partial charge on any atom is 0.494 e. The van der Waals surface area contributed by atoms with Crippen LogP contribution in [0.1, 0.15) is 52.5 Å². The van der Waals surface area contributed by atoms with Crippen LogP contribution >= 0.6 is 0 Å². The lowest BCUT2D eigenvalue weighted by molar-refractivity contribution is -0.0984. The summed E-state index contributed by atoms with van der Waals surface area (Å²) in [6.45, 7) is 9.08. The van der Waals surface area contributed by atoms with Crippen molar-refractivity contribution >= 4 is 19.7 Å². The molecule has 0 radical (unpaired) electrons. The van der Waals surface area contributed by atoms with Gasteiger partial charge in [0, 0.05) is 18.9 Å². The van der Waals surface area contributed by atoms with Crippen LogP contribution in [0.4, 0.5) is 0 Å². The summed E-state index contributed by atoms with van der Waals surface area (Å²) in [5, 5.41) is 30.1. The van der Waals surface area contributed by atoms with Crippen molar-refractivity contribution in [1.82, 2.24) is 5.01 Å². The zero-order valence-corrected chi connectivity index (χ0v) is 20.3. The molecule has 2 saturated heterocycles. The molecule has 2 N–H and O–H groups in total. The van der Waals surface area contributed by atoms with E-state index in [1.54, 1.807) is 12.1 Å². The Morgan fingerprint density at radius 1 is 1.21 bits per heavy atom. The Bertz CT molecular complexity index is 1020. The summed E-state index contributed by atoms with van der Waals surface area (Å²) >= 11 is 0. The molecule has 8 nitrogen and oxygen atoms in total. The van der Waals surface area contributed by atoms with Crippen LogP contribution in [0.3, 0.4) is 0 Å². The lowest BCUT2D eigenvalue weighted by Gasteiger charge is -2.36. The molecular formula is C24H33B2N3O5. The Labute approximate surface area is 201 Å². The molecule has 3 heterocycles. The van der Waals surface area contributed by atoms with Crippen LogP contribution in [0.2, 0.25) is 0 Å². The standard InChI is InChI=1S/C24H33B2N3O5/c1-16-12-19(14-20-22(16)29(28-27-20)21-10-5-6-11-32-21)26-33-23(2,3)24(4,34-26)15-17-8-7-9-18(13-17)25(30)31/h7-9,12-14,16,21-22,30-31H,5-6,10-11,15H2,1-4H3. The van der Waals surface area contributed by atoms with Gasteiger partial charge in [-0.05, 0) is 62.6 Å². The molecule has 1 aliphatic carbocycles. The summed E-state index contributed by atoms with van der Waals surface area (Å²) in [6.07, 6.45) is 8.04. The van der Waals surface area contributed by atoms with E-state index in [1.165, 1.54) is 0 Å². The van der Waals surface area contributed by atoms with Crippen molar-refractivity contribution in [2.45, 2.75) is 76.9 Å². The van der Waals surface area contributed by atoms with Crippen LogP contribution in [-0.2, 0) is 20.5 Å². The van der Waals surface area contributed by atoms with Gasteiger partial charge >= 0.3 is 14.2 Å². The van der Waals surface area contributed by atoms with Gasteiger partial charge in [-0.3, -0.25) is 0 Å². The van der Waals surface area contributed by atoms with Crippen LogP contribution in [0.5, 0.6) is 0 Å². The highest BCUT2D eigenvalue weighted by Gasteiger charge is 2.55. The van der Waals surface area contributed by atoms with E-state index in [2.05, 4.69) is 30.3 Å². The minimum absolute atomic E-state index is 0.0137. The number of fused-ring (bicyclic) bond motifs is 1. The van der Waals surface area contributed by atoms with Crippen LogP contribution in [0.25, 0.3) is 0 Å². The Morgan fingerprint density at radius 3 is 2.76 bits per heavy atom. The number of rotatable bonds is 5. The molecule has 5 rings (SSSR count). The van der Waals surface area contributed by atoms with Crippen molar-refractivity contribution in [2.75, 3.05) is 6.61 Å². The summed E-state index contributed by atoms with van der Waals surface area (Å²) < 4.78 is 19.0. The van der Waals surface area contributed by atoms with Crippen LogP contribution in [0.15, 0.2) is 57.9 Å². The number of nitrogens with zero attached hydrogens (tertiary/aromatic N) is 3. The van der Waals surface area contributed by atoms with E-state index >= 15 is 0 Å². The molecule has 3 aliphatic heterocycles. The molecule has 0 aromatic heterocycles. The number of benzene rings is 1. The molecule has 4 aliphatic rings. The van der Waals surface area contributed by atoms with Gasteiger partial charge in [-0.1, -0.05) is 42.5 Å². The van der Waals surface area contributed by atoms with Crippen molar-refractivity contribution in [3.63, 3.8) is 0 Å². The first-order chi connectivity index (χ1) is 16.2. The molecule has 4 atom stereocenters. The summed E-state index contributed by atoms with van der Waals surface area (Å²) in [6, 6.07) is 7.37. The van der Waals surface area contributed by atoms with Crippen molar-refractivity contribution in [1.29, 1.82) is 0 Å². The molecule has 180 valence electrons. The molecule has 2 fully saturated rings. The van der Waals surface area contributed by atoms with E-state index in [9.17, 15) is 10.0 Å². The number of ether oxygens (including phenoxy) is 1. The fraction of sp³-hybridized carbons (Fsp3) is 0.583. The van der Waals surface area contributed by atoms with Gasteiger partial charge in [0.1, 0.15) is 12.3 Å². The third-order valence-corrected chi connectivity index (χ3v) is 7.68. The summed E-state index contributed by atoms with van der Waals surface area (Å²) in [5.74, 6) is 0.181. The molecule has 4 unspecified atom stereocenters. The van der Waals surface area contributed by atoms with Crippen LogP contribution in [-0.4, -0.2) is 59.4 Å². The van der Waals surface area contributed by atoms with Gasteiger partial charge in [-0.15, -0.1) is 5.11 Å². The third kappa shape index (κ3) is 4.27. The zero-order chi connectivity index (χ0) is 24.1.